The molecular weight excluding hydrogens is 366 g/mol. The van der Waals surface area contributed by atoms with Gasteiger partial charge in [-0.05, 0) is 30.6 Å². The SMILES string of the molecule is CSCC[C@@H](C(=O)NCCc1cnc[nH]1)n1c(=O)[nH]c2ccccc2c1=O. The van der Waals surface area contributed by atoms with E-state index in [4.69, 9.17) is 0 Å². The predicted molar refractivity (Wildman–Crippen MR) is 106 cm³/mol. The number of carbonyl (C=O) groups is 1. The molecule has 1 aromatic carbocycles. The van der Waals surface area contributed by atoms with Crippen molar-refractivity contribution in [2.45, 2.75) is 18.9 Å². The first-order chi connectivity index (χ1) is 13.1. The number of aromatic amines is 2. The van der Waals surface area contributed by atoms with E-state index in [9.17, 15) is 14.4 Å². The van der Waals surface area contributed by atoms with Gasteiger partial charge >= 0.3 is 5.69 Å². The highest BCUT2D eigenvalue weighted by Gasteiger charge is 2.24. The fourth-order valence-electron chi connectivity index (χ4n) is 2.93. The van der Waals surface area contributed by atoms with Crippen molar-refractivity contribution in [3.8, 4) is 0 Å². The topological polar surface area (TPSA) is 113 Å². The third-order valence-corrected chi connectivity index (χ3v) is 4.94. The van der Waals surface area contributed by atoms with Gasteiger partial charge in [-0.1, -0.05) is 12.1 Å². The second-order valence-corrected chi connectivity index (χ2v) is 7.05. The van der Waals surface area contributed by atoms with Gasteiger partial charge in [-0.25, -0.2) is 14.3 Å². The number of hydrogen-bond acceptors (Lipinski definition) is 5. The number of aromatic nitrogens is 4. The summed E-state index contributed by atoms with van der Waals surface area (Å²) < 4.78 is 1.03. The maximum absolute atomic E-state index is 12.9. The van der Waals surface area contributed by atoms with Gasteiger partial charge in [-0.15, -0.1) is 0 Å². The molecule has 0 aliphatic heterocycles. The molecule has 0 aliphatic rings. The van der Waals surface area contributed by atoms with Crippen LogP contribution in [-0.2, 0) is 11.2 Å². The summed E-state index contributed by atoms with van der Waals surface area (Å²) in [5, 5.41) is 3.21. The van der Waals surface area contributed by atoms with E-state index in [2.05, 4.69) is 20.3 Å². The lowest BCUT2D eigenvalue weighted by Crippen LogP contribution is -2.45. The van der Waals surface area contributed by atoms with Crippen molar-refractivity contribution >= 4 is 28.6 Å². The van der Waals surface area contributed by atoms with Crippen molar-refractivity contribution in [3.05, 3.63) is 63.3 Å². The molecule has 0 spiro atoms. The summed E-state index contributed by atoms with van der Waals surface area (Å²) in [5.74, 6) is 0.309. The van der Waals surface area contributed by atoms with Crippen LogP contribution in [0, 0.1) is 0 Å². The van der Waals surface area contributed by atoms with Gasteiger partial charge in [0.25, 0.3) is 5.56 Å². The van der Waals surface area contributed by atoms with E-state index in [0.717, 1.165) is 10.3 Å². The fourth-order valence-corrected chi connectivity index (χ4v) is 3.38. The Morgan fingerprint density at radius 2 is 2.15 bits per heavy atom. The summed E-state index contributed by atoms with van der Waals surface area (Å²) in [7, 11) is 0. The van der Waals surface area contributed by atoms with Crippen LogP contribution in [0.5, 0.6) is 0 Å². The van der Waals surface area contributed by atoms with Gasteiger partial charge < -0.3 is 15.3 Å². The number of H-pyrrole nitrogens is 2. The van der Waals surface area contributed by atoms with E-state index >= 15 is 0 Å². The average molecular weight is 387 g/mol. The van der Waals surface area contributed by atoms with Crippen LogP contribution in [-0.4, -0.2) is 44.0 Å². The molecule has 2 heterocycles. The van der Waals surface area contributed by atoms with Crippen molar-refractivity contribution in [2.75, 3.05) is 18.6 Å². The smallest absolute Gasteiger partial charge is 0.329 e. The number of nitrogens with zero attached hydrogens (tertiary/aromatic N) is 2. The summed E-state index contributed by atoms with van der Waals surface area (Å²) in [4.78, 5) is 47.8. The van der Waals surface area contributed by atoms with Crippen LogP contribution in [0.1, 0.15) is 18.2 Å². The maximum atomic E-state index is 12.9. The number of para-hydroxylation sites is 1. The number of carbonyl (C=O) groups excluding carboxylic acids is 1. The van der Waals surface area contributed by atoms with Gasteiger partial charge in [0.1, 0.15) is 6.04 Å². The molecular formula is C18H21N5O3S. The molecule has 0 unspecified atom stereocenters. The highest BCUT2D eigenvalue weighted by atomic mass is 32.2. The third kappa shape index (κ3) is 4.30. The first-order valence-electron chi connectivity index (χ1n) is 8.59. The van der Waals surface area contributed by atoms with Crippen LogP contribution in [0.4, 0.5) is 0 Å². The molecule has 0 bridgehead atoms. The highest BCUT2D eigenvalue weighted by Crippen LogP contribution is 2.13. The van der Waals surface area contributed by atoms with Gasteiger partial charge in [0.2, 0.25) is 5.91 Å². The number of thioether (sulfide) groups is 1. The minimum atomic E-state index is -0.861. The number of nitrogens with one attached hydrogen (secondary N) is 3. The fraction of sp³-hybridized carbons (Fsp3) is 0.333. The summed E-state index contributed by atoms with van der Waals surface area (Å²) in [6.45, 7) is 0.386. The molecule has 0 saturated heterocycles. The minimum Gasteiger partial charge on any atom is -0.354 e. The number of benzene rings is 1. The lowest BCUT2D eigenvalue weighted by molar-refractivity contribution is -0.124. The van der Waals surface area contributed by atoms with Gasteiger partial charge in [0, 0.05) is 24.9 Å². The van der Waals surface area contributed by atoms with E-state index in [1.807, 2.05) is 6.26 Å². The molecule has 142 valence electrons. The van der Waals surface area contributed by atoms with Crippen molar-refractivity contribution < 1.29 is 4.79 Å². The van der Waals surface area contributed by atoms with Crippen LogP contribution in [0.2, 0.25) is 0 Å². The second kappa shape index (κ2) is 8.72. The Labute approximate surface area is 159 Å². The highest BCUT2D eigenvalue weighted by molar-refractivity contribution is 7.98. The molecule has 9 heteroatoms. The lowest BCUT2D eigenvalue weighted by atomic mass is 10.1. The molecule has 27 heavy (non-hydrogen) atoms. The first-order valence-corrected chi connectivity index (χ1v) is 9.98. The minimum absolute atomic E-state index is 0.341. The van der Waals surface area contributed by atoms with Crippen LogP contribution < -0.4 is 16.6 Å². The lowest BCUT2D eigenvalue weighted by Gasteiger charge is -2.18. The van der Waals surface area contributed by atoms with E-state index in [1.54, 1.807) is 48.6 Å². The molecule has 2 aromatic heterocycles. The van der Waals surface area contributed by atoms with Crippen LogP contribution in [0.15, 0.2) is 46.4 Å². The predicted octanol–water partition coefficient (Wildman–Crippen LogP) is 1.07. The Hall–Kier alpha value is -2.81. The summed E-state index contributed by atoms with van der Waals surface area (Å²) in [6, 6.07) is 5.93. The Balaban J connectivity index is 1.87. The molecule has 0 aliphatic carbocycles. The second-order valence-electron chi connectivity index (χ2n) is 6.07. The van der Waals surface area contributed by atoms with Gasteiger partial charge in [0.15, 0.2) is 0 Å². The van der Waals surface area contributed by atoms with Crippen molar-refractivity contribution in [1.29, 1.82) is 0 Å². The molecule has 0 fully saturated rings. The molecule has 8 nitrogen and oxygen atoms in total. The first kappa shape index (κ1) is 19.0. The molecule has 3 N–H and O–H groups in total. The van der Waals surface area contributed by atoms with E-state index in [0.29, 0.717) is 36.0 Å². The summed E-state index contributed by atoms with van der Waals surface area (Å²) >= 11 is 1.56. The van der Waals surface area contributed by atoms with E-state index in [-0.39, 0.29) is 5.91 Å². The zero-order valence-corrected chi connectivity index (χ0v) is 15.7. The van der Waals surface area contributed by atoms with Crippen LogP contribution >= 0.6 is 11.8 Å². The molecule has 0 saturated carbocycles. The number of rotatable bonds is 8. The summed E-state index contributed by atoms with van der Waals surface area (Å²) in [5.41, 5.74) is 0.335. The van der Waals surface area contributed by atoms with E-state index in [1.165, 1.54) is 0 Å². The Morgan fingerprint density at radius 3 is 2.89 bits per heavy atom. The zero-order chi connectivity index (χ0) is 19.2. The molecule has 3 aromatic rings. The van der Waals surface area contributed by atoms with Gasteiger partial charge in [-0.2, -0.15) is 11.8 Å². The monoisotopic (exact) mass is 387 g/mol. The third-order valence-electron chi connectivity index (χ3n) is 4.29. The Morgan fingerprint density at radius 1 is 1.33 bits per heavy atom. The molecule has 3 rings (SSSR count). The number of fused-ring (bicyclic) bond motifs is 1. The van der Waals surface area contributed by atoms with Crippen molar-refractivity contribution in [2.24, 2.45) is 0 Å². The number of hydrogen-bond donors (Lipinski definition) is 3. The van der Waals surface area contributed by atoms with Crippen LogP contribution in [0.3, 0.4) is 0 Å². The normalized spacial score (nSPS) is 12.2. The summed E-state index contributed by atoms with van der Waals surface area (Å²) in [6.07, 6.45) is 6.16. The Kier molecular flexibility index (Phi) is 6.12. The number of imidazole rings is 1. The quantitative estimate of drug-likeness (QED) is 0.535. The number of amides is 1. The van der Waals surface area contributed by atoms with Crippen molar-refractivity contribution in [3.63, 3.8) is 0 Å². The Bertz CT molecular complexity index is 1030. The zero-order valence-electron chi connectivity index (χ0n) is 14.9. The van der Waals surface area contributed by atoms with E-state index < -0.39 is 17.3 Å². The molecule has 1 amide bonds. The van der Waals surface area contributed by atoms with Crippen molar-refractivity contribution in [1.82, 2.24) is 24.8 Å². The molecule has 1 atom stereocenters. The largest absolute Gasteiger partial charge is 0.354 e. The average Bonchev–Trinajstić information content (AvgIpc) is 3.17. The van der Waals surface area contributed by atoms with Gasteiger partial charge in [-0.3, -0.25) is 9.59 Å². The van der Waals surface area contributed by atoms with Gasteiger partial charge in [0.05, 0.1) is 17.2 Å². The maximum Gasteiger partial charge on any atom is 0.329 e. The standard InChI is InChI=1S/C18H21N5O3S/c1-27-9-7-15(16(24)20-8-6-12-10-19-11-21-12)23-17(25)13-4-2-3-5-14(13)22-18(23)26/h2-5,10-11,15H,6-9H2,1H3,(H,19,21)(H,20,24)(H,22,26)/t15-/m0/s1. The molecule has 0 radical (unpaired) electrons. The van der Waals surface area contributed by atoms with Crippen LogP contribution in [0.25, 0.3) is 10.9 Å².